The SMILES string of the molecule is COc1ccc(C)cc1CC(=O)N1CCN(C(C)=O)CC1. The number of amides is 2. The Morgan fingerprint density at radius 3 is 2.33 bits per heavy atom. The van der Waals surface area contributed by atoms with Gasteiger partial charge in [0.15, 0.2) is 0 Å². The molecule has 5 nitrogen and oxygen atoms in total. The average Bonchev–Trinajstić information content (AvgIpc) is 2.47. The largest absolute Gasteiger partial charge is 0.496 e. The fourth-order valence-electron chi connectivity index (χ4n) is 2.59. The number of ether oxygens (including phenoxy) is 1. The van der Waals surface area contributed by atoms with E-state index >= 15 is 0 Å². The fraction of sp³-hybridized carbons (Fsp3) is 0.500. The average molecular weight is 290 g/mol. The highest BCUT2D eigenvalue weighted by Gasteiger charge is 2.23. The topological polar surface area (TPSA) is 49.9 Å². The molecule has 1 aromatic rings. The van der Waals surface area contributed by atoms with Crippen molar-refractivity contribution in [1.29, 1.82) is 0 Å². The lowest BCUT2D eigenvalue weighted by Gasteiger charge is -2.34. The Balaban J connectivity index is 1.99. The van der Waals surface area contributed by atoms with Gasteiger partial charge in [0.1, 0.15) is 5.75 Å². The molecule has 5 heteroatoms. The van der Waals surface area contributed by atoms with Gasteiger partial charge in [0, 0.05) is 38.7 Å². The number of hydrogen-bond acceptors (Lipinski definition) is 3. The minimum Gasteiger partial charge on any atom is -0.496 e. The second-order valence-corrected chi connectivity index (χ2v) is 5.38. The Hall–Kier alpha value is -2.04. The molecule has 1 aromatic carbocycles. The first-order valence-corrected chi connectivity index (χ1v) is 7.18. The van der Waals surface area contributed by atoms with Crippen LogP contribution in [0.1, 0.15) is 18.1 Å². The first kappa shape index (κ1) is 15.4. The number of carbonyl (C=O) groups is 2. The maximum atomic E-state index is 12.4. The third-order valence-corrected chi connectivity index (χ3v) is 3.86. The van der Waals surface area contributed by atoms with Crippen LogP contribution in [0.15, 0.2) is 18.2 Å². The van der Waals surface area contributed by atoms with Crippen molar-refractivity contribution in [3.63, 3.8) is 0 Å². The molecule has 1 heterocycles. The first-order chi connectivity index (χ1) is 10.0. The third kappa shape index (κ3) is 3.74. The number of aryl methyl sites for hydroxylation is 1. The Bertz CT molecular complexity index is 534. The van der Waals surface area contributed by atoms with E-state index in [1.165, 1.54) is 0 Å². The molecule has 0 N–H and O–H groups in total. The number of piperazine rings is 1. The molecule has 0 saturated carbocycles. The van der Waals surface area contributed by atoms with E-state index in [1.807, 2.05) is 30.0 Å². The van der Waals surface area contributed by atoms with Gasteiger partial charge in [-0.25, -0.2) is 0 Å². The molecule has 2 amide bonds. The smallest absolute Gasteiger partial charge is 0.227 e. The summed E-state index contributed by atoms with van der Waals surface area (Å²) in [6, 6.07) is 5.85. The molecule has 0 unspecified atom stereocenters. The number of benzene rings is 1. The van der Waals surface area contributed by atoms with Crippen molar-refractivity contribution < 1.29 is 14.3 Å². The Kier molecular flexibility index (Phi) is 4.83. The summed E-state index contributed by atoms with van der Waals surface area (Å²) in [5.74, 6) is 0.904. The minimum absolute atomic E-state index is 0.0717. The van der Waals surface area contributed by atoms with E-state index in [0.29, 0.717) is 32.6 Å². The van der Waals surface area contributed by atoms with E-state index in [4.69, 9.17) is 4.74 Å². The highest BCUT2D eigenvalue weighted by Crippen LogP contribution is 2.21. The van der Waals surface area contributed by atoms with E-state index in [2.05, 4.69) is 0 Å². The van der Waals surface area contributed by atoms with Crippen molar-refractivity contribution in [3.8, 4) is 5.75 Å². The molecule has 1 fully saturated rings. The molecular weight excluding hydrogens is 268 g/mol. The van der Waals surface area contributed by atoms with Crippen LogP contribution in [0.3, 0.4) is 0 Å². The molecule has 2 rings (SSSR count). The van der Waals surface area contributed by atoms with Gasteiger partial charge < -0.3 is 14.5 Å². The van der Waals surface area contributed by atoms with Gasteiger partial charge in [-0.2, -0.15) is 0 Å². The fourth-order valence-corrected chi connectivity index (χ4v) is 2.59. The van der Waals surface area contributed by atoms with E-state index < -0.39 is 0 Å². The number of nitrogens with zero attached hydrogens (tertiary/aromatic N) is 2. The number of methoxy groups -OCH3 is 1. The molecule has 0 atom stereocenters. The summed E-state index contributed by atoms with van der Waals surface area (Å²) in [5.41, 5.74) is 2.02. The third-order valence-electron chi connectivity index (χ3n) is 3.86. The van der Waals surface area contributed by atoms with Crippen molar-refractivity contribution in [2.75, 3.05) is 33.3 Å². The Morgan fingerprint density at radius 2 is 1.76 bits per heavy atom. The summed E-state index contributed by atoms with van der Waals surface area (Å²) in [6.45, 7) is 6.01. The van der Waals surface area contributed by atoms with Gasteiger partial charge in [-0.3, -0.25) is 9.59 Å². The van der Waals surface area contributed by atoms with E-state index in [1.54, 1.807) is 18.9 Å². The van der Waals surface area contributed by atoms with Crippen molar-refractivity contribution in [3.05, 3.63) is 29.3 Å². The van der Waals surface area contributed by atoms with Crippen LogP contribution in [-0.2, 0) is 16.0 Å². The normalized spacial score (nSPS) is 15.0. The lowest BCUT2D eigenvalue weighted by molar-refractivity contribution is -0.138. The number of carbonyl (C=O) groups excluding carboxylic acids is 2. The van der Waals surface area contributed by atoms with E-state index in [0.717, 1.165) is 16.9 Å². The zero-order chi connectivity index (χ0) is 15.4. The number of rotatable bonds is 3. The van der Waals surface area contributed by atoms with Gasteiger partial charge in [0.05, 0.1) is 13.5 Å². The van der Waals surface area contributed by atoms with Crippen LogP contribution in [0.4, 0.5) is 0 Å². The molecular formula is C16H22N2O3. The van der Waals surface area contributed by atoms with Gasteiger partial charge >= 0.3 is 0 Å². The lowest BCUT2D eigenvalue weighted by Crippen LogP contribution is -2.50. The zero-order valence-corrected chi connectivity index (χ0v) is 12.9. The van der Waals surface area contributed by atoms with Crippen LogP contribution in [-0.4, -0.2) is 54.9 Å². The van der Waals surface area contributed by atoms with Gasteiger partial charge in [-0.05, 0) is 13.0 Å². The molecule has 0 aliphatic carbocycles. The van der Waals surface area contributed by atoms with Crippen molar-refractivity contribution >= 4 is 11.8 Å². The van der Waals surface area contributed by atoms with Gasteiger partial charge in [0.2, 0.25) is 11.8 Å². The standard InChI is InChI=1S/C16H22N2O3/c1-12-4-5-15(21-3)14(10-12)11-16(20)18-8-6-17(7-9-18)13(2)19/h4-5,10H,6-9,11H2,1-3H3. The molecule has 1 aliphatic rings. The summed E-state index contributed by atoms with van der Waals surface area (Å²) in [6.07, 6.45) is 0.338. The molecule has 0 aromatic heterocycles. The van der Waals surface area contributed by atoms with Crippen LogP contribution in [0.25, 0.3) is 0 Å². The molecule has 114 valence electrons. The summed E-state index contributed by atoms with van der Waals surface area (Å²) in [5, 5.41) is 0. The predicted molar refractivity (Wildman–Crippen MR) is 80.3 cm³/mol. The molecule has 0 spiro atoms. The van der Waals surface area contributed by atoms with Crippen LogP contribution in [0.5, 0.6) is 5.75 Å². The van der Waals surface area contributed by atoms with Crippen LogP contribution < -0.4 is 4.74 Å². The van der Waals surface area contributed by atoms with Crippen LogP contribution in [0.2, 0.25) is 0 Å². The second kappa shape index (κ2) is 6.61. The maximum Gasteiger partial charge on any atom is 0.227 e. The summed E-state index contributed by atoms with van der Waals surface area (Å²) in [7, 11) is 1.62. The second-order valence-electron chi connectivity index (χ2n) is 5.38. The molecule has 21 heavy (non-hydrogen) atoms. The highest BCUT2D eigenvalue weighted by atomic mass is 16.5. The van der Waals surface area contributed by atoms with Crippen molar-refractivity contribution in [2.24, 2.45) is 0 Å². The van der Waals surface area contributed by atoms with Crippen molar-refractivity contribution in [2.45, 2.75) is 20.3 Å². The van der Waals surface area contributed by atoms with Gasteiger partial charge in [-0.15, -0.1) is 0 Å². The number of hydrogen-bond donors (Lipinski definition) is 0. The molecule has 0 radical (unpaired) electrons. The van der Waals surface area contributed by atoms with Gasteiger partial charge in [-0.1, -0.05) is 17.7 Å². The molecule has 1 aliphatic heterocycles. The Labute approximate surface area is 125 Å². The van der Waals surface area contributed by atoms with Crippen LogP contribution in [0, 0.1) is 6.92 Å². The molecule has 1 saturated heterocycles. The van der Waals surface area contributed by atoms with Crippen molar-refractivity contribution in [1.82, 2.24) is 9.80 Å². The monoisotopic (exact) mass is 290 g/mol. The quantitative estimate of drug-likeness (QED) is 0.841. The van der Waals surface area contributed by atoms with Crippen LogP contribution >= 0.6 is 0 Å². The first-order valence-electron chi connectivity index (χ1n) is 7.18. The van der Waals surface area contributed by atoms with E-state index in [9.17, 15) is 9.59 Å². The Morgan fingerprint density at radius 1 is 1.14 bits per heavy atom. The predicted octanol–water partition coefficient (Wildman–Crippen LogP) is 1.24. The van der Waals surface area contributed by atoms with Gasteiger partial charge in [0.25, 0.3) is 0 Å². The highest BCUT2D eigenvalue weighted by molar-refractivity contribution is 5.80. The minimum atomic E-state index is 0.0717. The summed E-state index contributed by atoms with van der Waals surface area (Å²) in [4.78, 5) is 27.3. The zero-order valence-electron chi connectivity index (χ0n) is 12.9. The summed E-state index contributed by atoms with van der Waals surface area (Å²) >= 11 is 0. The summed E-state index contributed by atoms with van der Waals surface area (Å²) < 4.78 is 5.31. The maximum absolute atomic E-state index is 12.4. The van der Waals surface area contributed by atoms with E-state index in [-0.39, 0.29) is 11.8 Å². The molecule has 0 bridgehead atoms. The lowest BCUT2D eigenvalue weighted by atomic mass is 10.1.